The van der Waals surface area contributed by atoms with E-state index in [1.807, 2.05) is 49.5 Å². The summed E-state index contributed by atoms with van der Waals surface area (Å²) in [6.45, 7) is 3.15. The van der Waals surface area contributed by atoms with Gasteiger partial charge in [-0.05, 0) is 50.1 Å². The van der Waals surface area contributed by atoms with Gasteiger partial charge >= 0.3 is 0 Å². The monoisotopic (exact) mass is 378 g/mol. The molecule has 0 saturated carbocycles. The molecule has 0 spiro atoms. The molecule has 0 bridgehead atoms. The second-order valence-electron chi connectivity index (χ2n) is 6.69. The molecule has 8 heteroatoms. The Kier molecular flexibility index (Phi) is 5.29. The summed E-state index contributed by atoms with van der Waals surface area (Å²) in [4.78, 5) is 21.2. The molecule has 2 aromatic heterocycles. The van der Waals surface area contributed by atoms with E-state index in [4.69, 9.17) is 4.74 Å². The van der Waals surface area contributed by atoms with Crippen molar-refractivity contribution in [3.05, 3.63) is 54.6 Å². The molecule has 8 nitrogen and oxygen atoms in total. The van der Waals surface area contributed by atoms with Crippen molar-refractivity contribution in [1.29, 1.82) is 0 Å². The van der Waals surface area contributed by atoms with Crippen LogP contribution in [0.15, 0.2) is 48.8 Å². The van der Waals surface area contributed by atoms with E-state index in [1.165, 1.54) is 0 Å². The van der Waals surface area contributed by atoms with Gasteiger partial charge in [0.1, 0.15) is 11.6 Å². The zero-order valence-corrected chi connectivity index (χ0v) is 15.6. The molecule has 2 N–H and O–H groups in total. The van der Waals surface area contributed by atoms with Gasteiger partial charge < -0.3 is 15.4 Å². The molecule has 1 amide bonds. The molecule has 0 unspecified atom stereocenters. The molecule has 1 aromatic carbocycles. The summed E-state index contributed by atoms with van der Waals surface area (Å²) in [5, 5.41) is 10.5. The Morgan fingerprint density at radius 3 is 2.61 bits per heavy atom. The Bertz CT molecular complexity index is 934. The van der Waals surface area contributed by atoms with Crippen molar-refractivity contribution in [2.75, 3.05) is 23.8 Å². The molecule has 144 valence electrons. The number of aryl methyl sites for hydroxylation is 1. The van der Waals surface area contributed by atoms with E-state index < -0.39 is 0 Å². The summed E-state index contributed by atoms with van der Waals surface area (Å²) in [5.41, 5.74) is 1.65. The van der Waals surface area contributed by atoms with Crippen LogP contribution in [0.25, 0.3) is 5.82 Å². The molecule has 0 atom stereocenters. The molecule has 1 fully saturated rings. The van der Waals surface area contributed by atoms with Gasteiger partial charge in [0, 0.05) is 49.0 Å². The van der Waals surface area contributed by atoms with Crippen LogP contribution >= 0.6 is 0 Å². The minimum Gasteiger partial charge on any atom is -0.381 e. The second kappa shape index (κ2) is 8.18. The summed E-state index contributed by atoms with van der Waals surface area (Å²) < 4.78 is 7.00. The summed E-state index contributed by atoms with van der Waals surface area (Å²) >= 11 is 0. The number of anilines is 3. The van der Waals surface area contributed by atoms with Gasteiger partial charge in [-0.25, -0.2) is 14.6 Å². The van der Waals surface area contributed by atoms with Crippen molar-refractivity contribution >= 4 is 23.1 Å². The highest BCUT2D eigenvalue weighted by Crippen LogP contribution is 2.21. The first-order chi connectivity index (χ1) is 13.7. The fourth-order valence-corrected chi connectivity index (χ4v) is 3.13. The lowest BCUT2D eigenvalue weighted by Crippen LogP contribution is -2.28. The highest BCUT2D eigenvalue weighted by atomic mass is 16.5. The van der Waals surface area contributed by atoms with Gasteiger partial charge in [-0.3, -0.25) is 4.79 Å². The number of hydrogen-bond acceptors (Lipinski definition) is 6. The van der Waals surface area contributed by atoms with Gasteiger partial charge in [0.15, 0.2) is 5.82 Å². The normalized spacial score (nSPS) is 14.6. The van der Waals surface area contributed by atoms with E-state index in [0.717, 1.165) is 24.2 Å². The van der Waals surface area contributed by atoms with E-state index in [2.05, 4.69) is 25.7 Å². The molecule has 0 radical (unpaired) electrons. The van der Waals surface area contributed by atoms with Crippen LogP contribution in [0.3, 0.4) is 0 Å². The predicted molar refractivity (Wildman–Crippen MR) is 106 cm³/mol. The zero-order valence-electron chi connectivity index (χ0n) is 15.6. The Balaban J connectivity index is 1.42. The SMILES string of the molecule is Cc1nc(Nc2ccc(NC(=O)C3CCOCC3)cc2)cc(-n2cccn2)n1. The van der Waals surface area contributed by atoms with Gasteiger partial charge in [0.05, 0.1) is 0 Å². The van der Waals surface area contributed by atoms with Crippen LogP contribution in [-0.4, -0.2) is 38.9 Å². The number of rotatable bonds is 5. The number of carbonyl (C=O) groups is 1. The zero-order chi connectivity index (χ0) is 19.3. The van der Waals surface area contributed by atoms with E-state index in [9.17, 15) is 4.79 Å². The first-order valence-electron chi connectivity index (χ1n) is 9.29. The molecule has 3 heterocycles. The maximum absolute atomic E-state index is 12.3. The van der Waals surface area contributed by atoms with Crippen LogP contribution < -0.4 is 10.6 Å². The number of amides is 1. The molecule has 4 rings (SSSR count). The van der Waals surface area contributed by atoms with E-state index >= 15 is 0 Å². The number of aromatic nitrogens is 4. The molecule has 28 heavy (non-hydrogen) atoms. The fourth-order valence-electron chi connectivity index (χ4n) is 3.13. The molecule has 1 saturated heterocycles. The second-order valence-corrected chi connectivity index (χ2v) is 6.69. The van der Waals surface area contributed by atoms with E-state index in [0.29, 0.717) is 30.7 Å². The van der Waals surface area contributed by atoms with Crippen LogP contribution in [0.4, 0.5) is 17.2 Å². The van der Waals surface area contributed by atoms with Crippen LogP contribution in [-0.2, 0) is 9.53 Å². The predicted octanol–water partition coefficient (Wildman–Crippen LogP) is 3.08. The van der Waals surface area contributed by atoms with Crippen molar-refractivity contribution in [1.82, 2.24) is 19.7 Å². The molecule has 3 aromatic rings. The Morgan fingerprint density at radius 1 is 1.14 bits per heavy atom. The molecule has 0 aliphatic carbocycles. The third kappa shape index (κ3) is 4.34. The van der Waals surface area contributed by atoms with E-state index in [-0.39, 0.29) is 11.8 Å². The fraction of sp³-hybridized carbons (Fsp3) is 0.300. The van der Waals surface area contributed by atoms with Gasteiger partial charge in [0.2, 0.25) is 5.91 Å². The van der Waals surface area contributed by atoms with Gasteiger partial charge in [-0.2, -0.15) is 5.10 Å². The molecule has 1 aliphatic rings. The number of ether oxygens (including phenoxy) is 1. The standard InChI is InChI=1S/C20H22N6O2/c1-14-22-18(13-19(23-14)26-10-2-9-21-26)24-16-3-5-17(6-4-16)25-20(27)15-7-11-28-12-8-15/h2-6,9-10,13,15H,7-8,11-12H2,1H3,(H,25,27)(H,22,23,24). The van der Waals surface area contributed by atoms with Crippen LogP contribution in [0, 0.1) is 12.8 Å². The minimum atomic E-state index is 0.0243. The third-order valence-corrected chi connectivity index (χ3v) is 4.58. The lowest BCUT2D eigenvalue weighted by Gasteiger charge is -2.21. The maximum Gasteiger partial charge on any atom is 0.227 e. The minimum absolute atomic E-state index is 0.0243. The molecular weight excluding hydrogens is 356 g/mol. The lowest BCUT2D eigenvalue weighted by atomic mass is 9.99. The Morgan fingerprint density at radius 2 is 1.89 bits per heavy atom. The summed E-state index contributed by atoms with van der Waals surface area (Å²) in [5.74, 6) is 2.10. The van der Waals surface area contributed by atoms with Crippen molar-refractivity contribution in [3.63, 3.8) is 0 Å². The van der Waals surface area contributed by atoms with Crippen molar-refractivity contribution in [2.24, 2.45) is 5.92 Å². The number of nitrogens with one attached hydrogen (secondary N) is 2. The summed E-state index contributed by atoms with van der Waals surface area (Å²) in [7, 11) is 0. The average molecular weight is 378 g/mol. The Labute approximate surface area is 163 Å². The number of benzene rings is 1. The molecule has 1 aliphatic heterocycles. The van der Waals surface area contributed by atoms with Gasteiger partial charge in [0.25, 0.3) is 0 Å². The van der Waals surface area contributed by atoms with Gasteiger partial charge in [-0.1, -0.05) is 0 Å². The van der Waals surface area contributed by atoms with E-state index in [1.54, 1.807) is 10.9 Å². The largest absolute Gasteiger partial charge is 0.381 e. The third-order valence-electron chi connectivity index (χ3n) is 4.58. The highest BCUT2D eigenvalue weighted by molar-refractivity contribution is 5.92. The first-order valence-corrected chi connectivity index (χ1v) is 9.29. The average Bonchev–Trinajstić information content (AvgIpc) is 3.25. The van der Waals surface area contributed by atoms with Crippen LogP contribution in [0.1, 0.15) is 18.7 Å². The Hall–Kier alpha value is -3.26. The van der Waals surface area contributed by atoms with Crippen LogP contribution in [0.2, 0.25) is 0 Å². The smallest absolute Gasteiger partial charge is 0.227 e. The number of hydrogen-bond donors (Lipinski definition) is 2. The molecular formula is C20H22N6O2. The maximum atomic E-state index is 12.3. The summed E-state index contributed by atoms with van der Waals surface area (Å²) in [6, 6.07) is 11.2. The number of carbonyl (C=O) groups excluding carboxylic acids is 1. The lowest BCUT2D eigenvalue weighted by molar-refractivity contribution is -0.122. The van der Waals surface area contributed by atoms with Crippen molar-refractivity contribution in [2.45, 2.75) is 19.8 Å². The van der Waals surface area contributed by atoms with Crippen molar-refractivity contribution in [3.8, 4) is 5.82 Å². The topological polar surface area (TPSA) is 94.0 Å². The highest BCUT2D eigenvalue weighted by Gasteiger charge is 2.21. The number of nitrogens with zero attached hydrogens (tertiary/aromatic N) is 4. The van der Waals surface area contributed by atoms with Crippen molar-refractivity contribution < 1.29 is 9.53 Å². The van der Waals surface area contributed by atoms with Crippen LogP contribution in [0.5, 0.6) is 0 Å². The first kappa shape index (κ1) is 18.1. The summed E-state index contributed by atoms with van der Waals surface area (Å²) in [6.07, 6.45) is 5.09. The quantitative estimate of drug-likeness (QED) is 0.709. The van der Waals surface area contributed by atoms with Gasteiger partial charge in [-0.15, -0.1) is 0 Å².